The summed E-state index contributed by atoms with van der Waals surface area (Å²) in [6.45, 7) is 2.11. The number of halogens is 1. The van der Waals surface area contributed by atoms with Gasteiger partial charge >= 0.3 is 0 Å². The van der Waals surface area contributed by atoms with Gasteiger partial charge in [0.1, 0.15) is 5.69 Å². The molecule has 2 nitrogen and oxygen atoms in total. The number of hydrogen-bond donors (Lipinski definition) is 0. The Morgan fingerprint density at radius 3 is 3.00 bits per heavy atom. The quantitative estimate of drug-likeness (QED) is 0.695. The van der Waals surface area contributed by atoms with Gasteiger partial charge in [-0.3, -0.25) is 9.78 Å². The highest BCUT2D eigenvalue weighted by atomic mass is 35.5. The van der Waals surface area contributed by atoms with Crippen LogP contribution in [0.15, 0.2) is 18.3 Å². The summed E-state index contributed by atoms with van der Waals surface area (Å²) in [5, 5.41) is -0.466. The number of nitrogens with zero attached hydrogens (tertiary/aromatic N) is 1. The van der Waals surface area contributed by atoms with E-state index in [4.69, 9.17) is 11.6 Å². The Morgan fingerprint density at radius 1 is 1.62 bits per heavy atom. The average molecular weight is 198 g/mol. The number of aryl methyl sites for hydroxylation is 1. The van der Waals surface area contributed by atoms with Crippen LogP contribution in [0.5, 0.6) is 0 Å². The average Bonchev–Trinajstić information content (AvgIpc) is 2.15. The third-order valence-corrected chi connectivity index (χ3v) is 2.06. The van der Waals surface area contributed by atoms with E-state index >= 15 is 0 Å². The first kappa shape index (κ1) is 10.2. The number of carbonyl (C=O) groups excluding carboxylic acids is 1. The van der Waals surface area contributed by atoms with E-state index in [-0.39, 0.29) is 0 Å². The number of hydrogen-bond acceptors (Lipinski definition) is 2. The van der Waals surface area contributed by atoms with E-state index in [1.54, 1.807) is 6.20 Å². The molecule has 1 heterocycles. The lowest BCUT2D eigenvalue weighted by Gasteiger charge is -2.02. The largest absolute Gasteiger partial charge is 0.274 e. The van der Waals surface area contributed by atoms with Crippen LogP contribution >= 0.6 is 11.6 Å². The molecule has 1 rings (SSSR count). The summed E-state index contributed by atoms with van der Waals surface area (Å²) in [5.41, 5.74) is 1.35. The number of aromatic nitrogens is 1. The smallest absolute Gasteiger partial charge is 0.271 e. The van der Waals surface area contributed by atoms with Gasteiger partial charge in [-0.15, -0.1) is 0 Å². The van der Waals surface area contributed by atoms with Gasteiger partial charge in [0.05, 0.1) is 0 Å². The van der Waals surface area contributed by atoms with Crippen molar-refractivity contribution in [2.75, 3.05) is 0 Å². The predicted molar refractivity (Wildman–Crippen MR) is 53.0 cm³/mol. The van der Waals surface area contributed by atoms with Gasteiger partial charge in [-0.2, -0.15) is 0 Å². The maximum absolute atomic E-state index is 10.9. The van der Waals surface area contributed by atoms with Gasteiger partial charge in [0.15, 0.2) is 0 Å². The Labute approximate surface area is 82.9 Å². The maximum Gasteiger partial charge on any atom is 0.271 e. The maximum atomic E-state index is 10.9. The van der Waals surface area contributed by atoms with E-state index < -0.39 is 5.24 Å². The Kier molecular flexibility index (Phi) is 3.90. The lowest BCUT2D eigenvalue weighted by Crippen LogP contribution is -2.00. The fourth-order valence-corrected chi connectivity index (χ4v) is 1.35. The molecule has 1 aromatic rings. The minimum atomic E-state index is -0.466. The number of unbranched alkanes of at least 4 members (excludes halogenated alkanes) is 1. The third-order valence-electron chi connectivity index (χ3n) is 1.88. The molecule has 0 aliphatic heterocycles. The first-order valence-corrected chi connectivity index (χ1v) is 4.77. The Hall–Kier alpha value is -0.890. The molecule has 0 amide bonds. The van der Waals surface area contributed by atoms with Crippen molar-refractivity contribution >= 4 is 16.8 Å². The fourth-order valence-electron chi connectivity index (χ4n) is 1.18. The van der Waals surface area contributed by atoms with Gasteiger partial charge in [-0.05, 0) is 36.1 Å². The first-order chi connectivity index (χ1) is 6.25. The van der Waals surface area contributed by atoms with E-state index in [9.17, 15) is 4.79 Å². The van der Waals surface area contributed by atoms with Crippen LogP contribution in [0, 0.1) is 0 Å². The van der Waals surface area contributed by atoms with Gasteiger partial charge in [-0.25, -0.2) is 0 Å². The summed E-state index contributed by atoms with van der Waals surface area (Å²) < 4.78 is 0. The van der Waals surface area contributed by atoms with Crippen molar-refractivity contribution in [1.82, 2.24) is 4.98 Å². The van der Waals surface area contributed by atoms with Crippen LogP contribution in [-0.2, 0) is 6.42 Å². The molecule has 0 radical (unpaired) electrons. The number of pyridine rings is 1. The summed E-state index contributed by atoms with van der Waals surface area (Å²) in [7, 11) is 0. The molecule has 0 spiro atoms. The highest BCUT2D eigenvalue weighted by Gasteiger charge is 2.08. The Balaban J connectivity index is 2.84. The van der Waals surface area contributed by atoms with Gasteiger partial charge in [-0.1, -0.05) is 19.4 Å². The van der Waals surface area contributed by atoms with Crippen molar-refractivity contribution in [2.45, 2.75) is 26.2 Å². The SMILES string of the molecule is CCCCc1cccnc1C(=O)Cl. The molecule has 3 heteroatoms. The molecule has 0 unspecified atom stereocenters. The van der Waals surface area contributed by atoms with Gasteiger partial charge in [0.2, 0.25) is 0 Å². The van der Waals surface area contributed by atoms with Crippen LogP contribution in [0.1, 0.15) is 35.8 Å². The molecule has 0 saturated carbocycles. The minimum Gasteiger partial charge on any atom is -0.274 e. The van der Waals surface area contributed by atoms with Crippen LogP contribution in [0.3, 0.4) is 0 Å². The fraction of sp³-hybridized carbons (Fsp3) is 0.400. The van der Waals surface area contributed by atoms with Crippen molar-refractivity contribution in [3.05, 3.63) is 29.6 Å². The summed E-state index contributed by atoms with van der Waals surface area (Å²) in [5.74, 6) is 0. The van der Waals surface area contributed by atoms with Crippen LogP contribution in [0.4, 0.5) is 0 Å². The lowest BCUT2D eigenvalue weighted by atomic mass is 10.1. The molecule has 0 bridgehead atoms. The zero-order chi connectivity index (χ0) is 9.68. The molecule has 70 valence electrons. The van der Waals surface area contributed by atoms with Crippen LogP contribution in [0.2, 0.25) is 0 Å². The van der Waals surface area contributed by atoms with E-state index in [0.29, 0.717) is 5.69 Å². The van der Waals surface area contributed by atoms with Crippen LogP contribution in [-0.4, -0.2) is 10.2 Å². The van der Waals surface area contributed by atoms with E-state index in [1.807, 2.05) is 12.1 Å². The standard InChI is InChI=1S/C10H12ClNO/c1-2-3-5-8-6-4-7-12-9(8)10(11)13/h4,6-7H,2-3,5H2,1H3. The zero-order valence-electron chi connectivity index (χ0n) is 7.59. The van der Waals surface area contributed by atoms with Crippen molar-refractivity contribution in [1.29, 1.82) is 0 Å². The molecule has 0 aliphatic carbocycles. The summed E-state index contributed by atoms with van der Waals surface area (Å²) in [6, 6.07) is 3.73. The van der Waals surface area contributed by atoms with Crippen molar-refractivity contribution in [3.63, 3.8) is 0 Å². The van der Waals surface area contributed by atoms with E-state index in [1.165, 1.54) is 0 Å². The number of carbonyl (C=O) groups is 1. The predicted octanol–water partition coefficient (Wildman–Crippen LogP) is 2.80. The second kappa shape index (κ2) is 4.97. The molecular weight excluding hydrogens is 186 g/mol. The molecule has 0 fully saturated rings. The minimum absolute atomic E-state index is 0.401. The lowest BCUT2D eigenvalue weighted by molar-refractivity contribution is 0.107. The van der Waals surface area contributed by atoms with Gasteiger partial charge in [0.25, 0.3) is 5.24 Å². The van der Waals surface area contributed by atoms with Crippen LogP contribution < -0.4 is 0 Å². The zero-order valence-corrected chi connectivity index (χ0v) is 8.34. The molecular formula is C10H12ClNO. The molecule has 0 N–H and O–H groups in total. The second-order valence-corrected chi connectivity index (χ2v) is 3.23. The molecule has 0 aromatic carbocycles. The topological polar surface area (TPSA) is 30.0 Å². The van der Waals surface area contributed by atoms with E-state index in [0.717, 1.165) is 24.8 Å². The third kappa shape index (κ3) is 2.81. The highest BCUT2D eigenvalue weighted by Crippen LogP contribution is 2.11. The molecule has 0 atom stereocenters. The Bertz CT molecular complexity index is 299. The van der Waals surface area contributed by atoms with Crippen molar-refractivity contribution in [2.24, 2.45) is 0 Å². The van der Waals surface area contributed by atoms with Crippen molar-refractivity contribution < 1.29 is 4.79 Å². The number of rotatable bonds is 4. The Morgan fingerprint density at radius 2 is 2.38 bits per heavy atom. The summed E-state index contributed by atoms with van der Waals surface area (Å²) >= 11 is 5.39. The molecule has 1 aromatic heterocycles. The monoisotopic (exact) mass is 197 g/mol. The normalized spacial score (nSPS) is 10.0. The van der Waals surface area contributed by atoms with Gasteiger partial charge < -0.3 is 0 Å². The second-order valence-electron chi connectivity index (χ2n) is 2.89. The molecule has 0 aliphatic rings. The molecule has 13 heavy (non-hydrogen) atoms. The summed E-state index contributed by atoms with van der Waals surface area (Å²) in [6.07, 6.45) is 4.62. The van der Waals surface area contributed by atoms with Crippen molar-refractivity contribution in [3.8, 4) is 0 Å². The molecule has 0 saturated heterocycles. The summed E-state index contributed by atoms with van der Waals surface area (Å²) in [4.78, 5) is 14.9. The van der Waals surface area contributed by atoms with Gasteiger partial charge in [0, 0.05) is 6.20 Å². The highest BCUT2D eigenvalue weighted by molar-refractivity contribution is 6.67. The van der Waals surface area contributed by atoms with Crippen LogP contribution in [0.25, 0.3) is 0 Å². The first-order valence-electron chi connectivity index (χ1n) is 4.39. The van der Waals surface area contributed by atoms with E-state index in [2.05, 4.69) is 11.9 Å².